The summed E-state index contributed by atoms with van der Waals surface area (Å²) in [5.74, 6) is -1.32. The Balaban J connectivity index is 1.51. The zero-order valence-corrected chi connectivity index (χ0v) is 18.6. The Morgan fingerprint density at radius 1 is 1.12 bits per heavy atom. The summed E-state index contributed by atoms with van der Waals surface area (Å²) in [7, 11) is -3.67. The Hall–Kier alpha value is -3.15. The average Bonchev–Trinajstić information content (AvgIpc) is 3.15. The summed E-state index contributed by atoms with van der Waals surface area (Å²) < 4.78 is 60.9. The van der Waals surface area contributed by atoms with Crippen LogP contribution >= 0.6 is 0 Å². The van der Waals surface area contributed by atoms with E-state index in [2.05, 4.69) is 10.4 Å². The van der Waals surface area contributed by atoms with Gasteiger partial charge in [0.25, 0.3) is 5.91 Å². The second kappa shape index (κ2) is 9.38. The van der Waals surface area contributed by atoms with Crippen LogP contribution in [-0.4, -0.2) is 54.7 Å². The second-order valence-corrected chi connectivity index (χ2v) is 9.50. The summed E-state index contributed by atoms with van der Waals surface area (Å²) in [6.45, 7) is 2.88. The van der Waals surface area contributed by atoms with Crippen molar-refractivity contribution in [2.75, 3.05) is 31.6 Å². The molecule has 33 heavy (non-hydrogen) atoms. The van der Waals surface area contributed by atoms with Gasteiger partial charge in [-0.15, -0.1) is 0 Å². The molecule has 11 heteroatoms. The molecule has 2 heterocycles. The first-order valence-electron chi connectivity index (χ1n) is 10.2. The van der Waals surface area contributed by atoms with Crippen molar-refractivity contribution in [1.82, 2.24) is 14.1 Å². The molecule has 0 radical (unpaired) electrons. The summed E-state index contributed by atoms with van der Waals surface area (Å²) in [6.07, 6.45) is 1.50. The molecule has 1 saturated heterocycles. The lowest BCUT2D eigenvalue weighted by Crippen LogP contribution is -2.40. The van der Waals surface area contributed by atoms with Crippen LogP contribution in [0.5, 0.6) is 0 Å². The molecule has 0 bridgehead atoms. The topological polar surface area (TPSA) is 93.5 Å². The molecule has 1 N–H and O–H groups in total. The van der Waals surface area contributed by atoms with Crippen molar-refractivity contribution in [2.45, 2.75) is 18.4 Å². The number of aryl methyl sites for hydroxylation is 1. The van der Waals surface area contributed by atoms with E-state index in [0.717, 1.165) is 18.2 Å². The maximum atomic E-state index is 14.0. The van der Waals surface area contributed by atoms with Crippen LogP contribution in [0.15, 0.2) is 53.6 Å². The molecule has 174 valence electrons. The van der Waals surface area contributed by atoms with E-state index in [1.165, 1.54) is 39.4 Å². The number of sulfonamides is 1. The minimum absolute atomic E-state index is 0.0796. The fourth-order valence-corrected chi connectivity index (χ4v) is 4.89. The van der Waals surface area contributed by atoms with Gasteiger partial charge in [-0.3, -0.25) is 4.79 Å². The number of rotatable bonds is 6. The van der Waals surface area contributed by atoms with E-state index in [1.807, 2.05) is 0 Å². The number of hydrogen-bond donors (Lipinski definition) is 1. The number of aromatic nitrogens is 2. The molecule has 1 aromatic heterocycles. The Morgan fingerprint density at radius 2 is 1.82 bits per heavy atom. The minimum atomic E-state index is -3.67. The van der Waals surface area contributed by atoms with Crippen LogP contribution < -0.4 is 5.32 Å². The van der Waals surface area contributed by atoms with E-state index in [9.17, 15) is 22.0 Å². The number of nitrogens with zero attached hydrogens (tertiary/aromatic N) is 3. The first-order chi connectivity index (χ1) is 15.8. The van der Waals surface area contributed by atoms with Gasteiger partial charge >= 0.3 is 0 Å². The number of hydrogen-bond acceptors (Lipinski definition) is 5. The third-order valence-electron chi connectivity index (χ3n) is 5.31. The summed E-state index contributed by atoms with van der Waals surface area (Å²) >= 11 is 0. The number of nitrogens with one attached hydrogen (secondary N) is 1. The Labute approximate surface area is 189 Å². The third-order valence-corrected chi connectivity index (χ3v) is 7.22. The number of morpholine rings is 1. The van der Waals surface area contributed by atoms with Gasteiger partial charge in [0.05, 0.1) is 30.9 Å². The Morgan fingerprint density at radius 3 is 2.52 bits per heavy atom. The molecule has 0 aliphatic carbocycles. The van der Waals surface area contributed by atoms with Crippen LogP contribution in [-0.2, 0) is 21.3 Å². The number of halogens is 2. The Bertz CT molecular complexity index is 1270. The van der Waals surface area contributed by atoms with Gasteiger partial charge in [0, 0.05) is 29.8 Å². The van der Waals surface area contributed by atoms with E-state index < -0.39 is 27.6 Å². The number of ether oxygens (including phenoxy) is 1. The largest absolute Gasteiger partial charge is 0.379 e. The highest BCUT2D eigenvalue weighted by Crippen LogP contribution is 2.21. The normalized spacial score (nSPS) is 14.9. The van der Waals surface area contributed by atoms with Crippen molar-refractivity contribution in [3.8, 4) is 0 Å². The predicted molar refractivity (Wildman–Crippen MR) is 116 cm³/mol. The smallest absolute Gasteiger partial charge is 0.256 e. The van der Waals surface area contributed by atoms with Crippen molar-refractivity contribution in [1.29, 1.82) is 0 Å². The zero-order valence-electron chi connectivity index (χ0n) is 17.8. The molecule has 1 aliphatic rings. The molecule has 1 aliphatic heterocycles. The number of carbonyl (C=O) groups excluding carboxylic acids is 1. The lowest BCUT2D eigenvalue weighted by molar-refractivity contribution is 0.0730. The van der Waals surface area contributed by atoms with Crippen molar-refractivity contribution in [2.24, 2.45) is 0 Å². The molecular weight excluding hydrogens is 454 g/mol. The van der Waals surface area contributed by atoms with E-state index in [0.29, 0.717) is 24.6 Å². The zero-order chi connectivity index (χ0) is 23.6. The van der Waals surface area contributed by atoms with Gasteiger partial charge in [0.15, 0.2) is 0 Å². The van der Waals surface area contributed by atoms with E-state index >= 15 is 0 Å². The SMILES string of the molecule is Cc1cnn(Cc2cc(F)ccc2F)c1NC(=O)c1ccc(S(=O)(=O)N2CCOCC2)cc1. The van der Waals surface area contributed by atoms with E-state index in [1.54, 1.807) is 6.92 Å². The average molecular weight is 477 g/mol. The first kappa shape index (κ1) is 23.0. The van der Waals surface area contributed by atoms with Gasteiger partial charge in [-0.2, -0.15) is 9.40 Å². The summed E-state index contributed by atoms with van der Waals surface area (Å²) in [4.78, 5) is 12.9. The van der Waals surface area contributed by atoms with Crippen LogP contribution in [0.1, 0.15) is 21.5 Å². The lowest BCUT2D eigenvalue weighted by Gasteiger charge is -2.26. The fourth-order valence-electron chi connectivity index (χ4n) is 3.48. The molecule has 0 unspecified atom stereocenters. The fraction of sp³-hybridized carbons (Fsp3) is 0.273. The van der Waals surface area contributed by atoms with Gasteiger partial charge < -0.3 is 10.1 Å². The lowest BCUT2D eigenvalue weighted by atomic mass is 10.2. The van der Waals surface area contributed by atoms with Gasteiger partial charge in [-0.1, -0.05) is 0 Å². The van der Waals surface area contributed by atoms with E-state index in [4.69, 9.17) is 4.74 Å². The highest BCUT2D eigenvalue weighted by atomic mass is 32.2. The summed E-state index contributed by atoms with van der Waals surface area (Å²) in [6, 6.07) is 8.74. The maximum absolute atomic E-state index is 14.0. The van der Waals surface area contributed by atoms with E-state index in [-0.39, 0.29) is 35.7 Å². The van der Waals surface area contributed by atoms with Gasteiger partial charge in [-0.25, -0.2) is 21.9 Å². The summed E-state index contributed by atoms with van der Waals surface area (Å²) in [5, 5.41) is 6.86. The molecule has 2 aromatic carbocycles. The molecule has 3 aromatic rings. The van der Waals surface area contributed by atoms with Crippen molar-refractivity contribution in [3.05, 3.63) is 77.0 Å². The van der Waals surface area contributed by atoms with Crippen LogP contribution in [0, 0.1) is 18.6 Å². The van der Waals surface area contributed by atoms with Crippen molar-refractivity contribution >= 4 is 21.7 Å². The number of amides is 1. The minimum Gasteiger partial charge on any atom is -0.379 e. The van der Waals surface area contributed by atoms with Crippen molar-refractivity contribution in [3.63, 3.8) is 0 Å². The molecule has 1 amide bonds. The molecule has 0 spiro atoms. The monoisotopic (exact) mass is 476 g/mol. The first-order valence-corrected chi connectivity index (χ1v) is 11.7. The van der Waals surface area contributed by atoms with Crippen LogP contribution in [0.25, 0.3) is 0 Å². The Kier molecular flexibility index (Phi) is 6.54. The maximum Gasteiger partial charge on any atom is 0.256 e. The number of carbonyl (C=O) groups is 1. The molecule has 8 nitrogen and oxygen atoms in total. The summed E-state index contributed by atoms with van der Waals surface area (Å²) in [5.41, 5.74) is 0.956. The molecule has 4 rings (SSSR count). The molecular formula is C22H22F2N4O4S. The number of anilines is 1. The number of benzene rings is 2. The quantitative estimate of drug-likeness (QED) is 0.591. The van der Waals surface area contributed by atoms with Gasteiger partial charge in [0.1, 0.15) is 17.5 Å². The van der Waals surface area contributed by atoms with Crippen LogP contribution in [0.4, 0.5) is 14.6 Å². The van der Waals surface area contributed by atoms with Gasteiger partial charge in [-0.05, 0) is 49.4 Å². The van der Waals surface area contributed by atoms with Gasteiger partial charge in [0.2, 0.25) is 10.0 Å². The van der Waals surface area contributed by atoms with Crippen LogP contribution in [0.2, 0.25) is 0 Å². The third kappa shape index (κ3) is 4.95. The molecule has 1 fully saturated rings. The standard InChI is InChI=1S/C22H22F2N4O4S/c1-15-13-25-28(14-17-12-18(23)4-7-20(17)24)21(15)26-22(29)16-2-5-19(6-3-16)33(30,31)27-8-10-32-11-9-27/h2-7,12-13H,8-11,14H2,1H3,(H,26,29). The molecule has 0 atom stereocenters. The highest BCUT2D eigenvalue weighted by Gasteiger charge is 2.26. The molecule has 0 saturated carbocycles. The van der Waals surface area contributed by atoms with Crippen LogP contribution in [0.3, 0.4) is 0 Å². The highest BCUT2D eigenvalue weighted by molar-refractivity contribution is 7.89. The predicted octanol–water partition coefficient (Wildman–Crippen LogP) is 2.79. The second-order valence-electron chi connectivity index (χ2n) is 7.56. The van der Waals surface area contributed by atoms with Crippen molar-refractivity contribution < 1.29 is 26.7 Å².